The summed E-state index contributed by atoms with van der Waals surface area (Å²) in [4.78, 5) is 4.01. The SMILES string of the molecule is Cc1ccncc1C(O)c1cc(Cl)cc(Cl)c1. The van der Waals surface area contributed by atoms with Crippen LogP contribution in [0.1, 0.15) is 22.8 Å². The first-order valence-corrected chi connectivity index (χ1v) is 5.88. The molecule has 0 saturated heterocycles. The molecule has 0 fully saturated rings. The fourth-order valence-corrected chi connectivity index (χ4v) is 2.22. The highest BCUT2D eigenvalue weighted by molar-refractivity contribution is 6.34. The molecule has 0 spiro atoms. The lowest BCUT2D eigenvalue weighted by Gasteiger charge is -2.14. The van der Waals surface area contributed by atoms with Crippen LogP contribution >= 0.6 is 23.2 Å². The van der Waals surface area contributed by atoms with E-state index in [-0.39, 0.29) is 0 Å². The van der Waals surface area contributed by atoms with E-state index in [2.05, 4.69) is 4.98 Å². The average Bonchev–Trinajstić information content (AvgIpc) is 2.27. The number of halogens is 2. The molecular formula is C13H11Cl2NO. The summed E-state index contributed by atoms with van der Waals surface area (Å²) in [6.07, 6.45) is 2.57. The van der Waals surface area contributed by atoms with Crippen LogP contribution in [0.25, 0.3) is 0 Å². The molecule has 0 amide bonds. The van der Waals surface area contributed by atoms with Gasteiger partial charge in [0, 0.05) is 28.0 Å². The zero-order valence-electron chi connectivity index (χ0n) is 9.19. The maximum Gasteiger partial charge on any atom is 0.106 e. The van der Waals surface area contributed by atoms with Crippen molar-refractivity contribution in [1.82, 2.24) is 4.98 Å². The highest BCUT2D eigenvalue weighted by Crippen LogP contribution is 2.28. The molecule has 0 bridgehead atoms. The fraction of sp³-hybridized carbons (Fsp3) is 0.154. The summed E-state index contributed by atoms with van der Waals surface area (Å²) in [7, 11) is 0. The summed E-state index contributed by atoms with van der Waals surface area (Å²) in [5.74, 6) is 0. The molecule has 2 rings (SSSR count). The van der Waals surface area contributed by atoms with E-state index < -0.39 is 6.10 Å². The van der Waals surface area contributed by atoms with Gasteiger partial charge >= 0.3 is 0 Å². The standard InChI is InChI=1S/C13H11Cl2NO/c1-8-2-3-16-7-12(8)13(17)9-4-10(14)6-11(15)5-9/h2-7,13,17H,1H3. The quantitative estimate of drug-likeness (QED) is 0.899. The number of rotatable bonds is 2. The van der Waals surface area contributed by atoms with Crippen LogP contribution in [0.2, 0.25) is 10.0 Å². The smallest absolute Gasteiger partial charge is 0.106 e. The van der Waals surface area contributed by atoms with Crippen molar-refractivity contribution < 1.29 is 5.11 Å². The highest BCUT2D eigenvalue weighted by Gasteiger charge is 2.14. The normalized spacial score (nSPS) is 12.5. The van der Waals surface area contributed by atoms with E-state index in [1.54, 1.807) is 30.6 Å². The molecule has 1 unspecified atom stereocenters. The van der Waals surface area contributed by atoms with Crippen molar-refractivity contribution in [1.29, 1.82) is 0 Å². The summed E-state index contributed by atoms with van der Waals surface area (Å²) < 4.78 is 0. The Morgan fingerprint density at radius 3 is 2.41 bits per heavy atom. The molecule has 88 valence electrons. The molecular weight excluding hydrogens is 257 g/mol. The van der Waals surface area contributed by atoms with Gasteiger partial charge in [-0.1, -0.05) is 23.2 Å². The molecule has 0 radical (unpaired) electrons. The minimum atomic E-state index is -0.764. The molecule has 0 aliphatic carbocycles. The van der Waals surface area contributed by atoms with Gasteiger partial charge in [-0.2, -0.15) is 0 Å². The summed E-state index contributed by atoms with van der Waals surface area (Å²) in [5, 5.41) is 11.3. The first-order chi connectivity index (χ1) is 8.08. The summed E-state index contributed by atoms with van der Waals surface area (Å²) in [6, 6.07) is 6.88. The summed E-state index contributed by atoms with van der Waals surface area (Å²) in [6.45, 7) is 1.92. The maximum atomic E-state index is 10.3. The van der Waals surface area contributed by atoms with E-state index in [4.69, 9.17) is 23.2 Å². The third kappa shape index (κ3) is 2.78. The number of hydrogen-bond donors (Lipinski definition) is 1. The average molecular weight is 268 g/mol. The second-order valence-electron chi connectivity index (χ2n) is 3.84. The van der Waals surface area contributed by atoms with Gasteiger partial charge in [0.1, 0.15) is 6.10 Å². The first kappa shape index (κ1) is 12.4. The molecule has 0 aliphatic heterocycles. The lowest BCUT2D eigenvalue weighted by molar-refractivity contribution is 0.219. The molecule has 1 N–H and O–H groups in total. The van der Waals surface area contributed by atoms with Crippen LogP contribution in [-0.4, -0.2) is 10.1 Å². The zero-order valence-corrected chi connectivity index (χ0v) is 10.7. The van der Waals surface area contributed by atoms with E-state index in [1.165, 1.54) is 0 Å². The van der Waals surface area contributed by atoms with Crippen LogP contribution in [0.4, 0.5) is 0 Å². The van der Waals surface area contributed by atoms with Crippen molar-refractivity contribution in [3.8, 4) is 0 Å². The Balaban J connectivity index is 2.43. The summed E-state index contributed by atoms with van der Waals surface area (Å²) >= 11 is 11.8. The van der Waals surface area contributed by atoms with Crippen molar-refractivity contribution >= 4 is 23.2 Å². The number of aliphatic hydroxyl groups excluding tert-OH is 1. The van der Waals surface area contributed by atoms with Gasteiger partial charge in [-0.05, 0) is 42.3 Å². The van der Waals surface area contributed by atoms with E-state index in [9.17, 15) is 5.11 Å². The van der Waals surface area contributed by atoms with Crippen molar-refractivity contribution in [3.05, 3.63) is 63.4 Å². The monoisotopic (exact) mass is 267 g/mol. The highest BCUT2D eigenvalue weighted by atomic mass is 35.5. The molecule has 1 aromatic heterocycles. The predicted octanol–water partition coefficient (Wildman–Crippen LogP) is 3.78. The Bertz CT molecular complexity index is 522. The van der Waals surface area contributed by atoms with Gasteiger partial charge in [0.25, 0.3) is 0 Å². The predicted molar refractivity (Wildman–Crippen MR) is 69.5 cm³/mol. The van der Waals surface area contributed by atoms with E-state index in [0.717, 1.165) is 11.1 Å². The third-order valence-corrected chi connectivity index (χ3v) is 3.01. The Kier molecular flexibility index (Phi) is 3.67. The second kappa shape index (κ2) is 5.05. The number of pyridine rings is 1. The van der Waals surface area contributed by atoms with Gasteiger partial charge < -0.3 is 5.11 Å². The van der Waals surface area contributed by atoms with Crippen molar-refractivity contribution in [3.63, 3.8) is 0 Å². The van der Waals surface area contributed by atoms with Crippen LogP contribution in [0.5, 0.6) is 0 Å². The number of nitrogens with zero attached hydrogens (tertiary/aromatic N) is 1. The van der Waals surface area contributed by atoms with Crippen molar-refractivity contribution in [2.24, 2.45) is 0 Å². The van der Waals surface area contributed by atoms with Crippen LogP contribution in [0, 0.1) is 6.92 Å². The zero-order chi connectivity index (χ0) is 12.4. The molecule has 0 aliphatic rings. The molecule has 0 saturated carbocycles. The minimum absolute atomic E-state index is 0.507. The Hall–Kier alpha value is -1.09. The number of aliphatic hydroxyl groups is 1. The maximum absolute atomic E-state index is 10.3. The topological polar surface area (TPSA) is 33.1 Å². The van der Waals surface area contributed by atoms with Crippen molar-refractivity contribution in [2.75, 3.05) is 0 Å². The van der Waals surface area contributed by atoms with Gasteiger partial charge in [-0.25, -0.2) is 0 Å². The summed E-state index contributed by atoms with van der Waals surface area (Å²) in [5.41, 5.74) is 2.40. The number of benzene rings is 1. The first-order valence-electron chi connectivity index (χ1n) is 5.12. The Labute approximate surface area is 110 Å². The van der Waals surface area contributed by atoms with Gasteiger partial charge in [-0.15, -0.1) is 0 Å². The van der Waals surface area contributed by atoms with Crippen LogP contribution in [0.15, 0.2) is 36.7 Å². The molecule has 1 heterocycles. The number of aromatic nitrogens is 1. The lowest BCUT2D eigenvalue weighted by Crippen LogP contribution is -2.02. The molecule has 4 heteroatoms. The second-order valence-corrected chi connectivity index (χ2v) is 4.71. The van der Waals surface area contributed by atoms with Gasteiger partial charge in [0.15, 0.2) is 0 Å². The third-order valence-electron chi connectivity index (χ3n) is 2.57. The van der Waals surface area contributed by atoms with Crippen LogP contribution < -0.4 is 0 Å². The number of hydrogen-bond acceptors (Lipinski definition) is 2. The molecule has 17 heavy (non-hydrogen) atoms. The molecule has 2 nitrogen and oxygen atoms in total. The number of aryl methyl sites for hydroxylation is 1. The van der Waals surface area contributed by atoms with Crippen LogP contribution in [0.3, 0.4) is 0 Å². The van der Waals surface area contributed by atoms with Gasteiger partial charge in [0.2, 0.25) is 0 Å². The van der Waals surface area contributed by atoms with E-state index in [0.29, 0.717) is 15.6 Å². The van der Waals surface area contributed by atoms with Gasteiger partial charge in [-0.3, -0.25) is 4.98 Å². The van der Waals surface area contributed by atoms with E-state index in [1.807, 2.05) is 13.0 Å². The molecule has 2 aromatic rings. The minimum Gasteiger partial charge on any atom is -0.384 e. The Morgan fingerprint density at radius 2 is 1.82 bits per heavy atom. The Morgan fingerprint density at radius 1 is 1.18 bits per heavy atom. The van der Waals surface area contributed by atoms with E-state index >= 15 is 0 Å². The molecule has 1 atom stereocenters. The van der Waals surface area contributed by atoms with Crippen LogP contribution in [-0.2, 0) is 0 Å². The largest absolute Gasteiger partial charge is 0.384 e. The van der Waals surface area contributed by atoms with Gasteiger partial charge in [0.05, 0.1) is 0 Å². The van der Waals surface area contributed by atoms with Crippen molar-refractivity contribution in [2.45, 2.75) is 13.0 Å². The molecule has 1 aromatic carbocycles. The lowest BCUT2D eigenvalue weighted by atomic mass is 10.00. The fourth-order valence-electron chi connectivity index (χ4n) is 1.68.